The zero-order chi connectivity index (χ0) is 18.5. The third-order valence-corrected chi connectivity index (χ3v) is 5.25. The molecule has 0 unspecified atom stereocenters. The fourth-order valence-corrected chi connectivity index (χ4v) is 3.89. The van der Waals surface area contributed by atoms with Gasteiger partial charge in [-0.15, -0.1) is 0 Å². The number of hydrogen-bond donors (Lipinski definition) is 0. The van der Waals surface area contributed by atoms with E-state index in [-0.39, 0.29) is 0 Å². The molecule has 0 saturated heterocycles. The predicted octanol–water partition coefficient (Wildman–Crippen LogP) is 4.79. The van der Waals surface area contributed by atoms with E-state index >= 15 is 0 Å². The summed E-state index contributed by atoms with van der Waals surface area (Å²) >= 11 is 0. The topological polar surface area (TPSA) is 34.8 Å². The summed E-state index contributed by atoms with van der Waals surface area (Å²) in [6, 6.07) is 22.6. The lowest BCUT2D eigenvalue weighted by molar-refractivity contribution is -0.634. The number of oxazole rings is 1. The summed E-state index contributed by atoms with van der Waals surface area (Å²) in [4.78, 5) is 4.74. The van der Waals surface area contributed by atoms with Gasteiger partial charge in [-0.2, -0.15) is 0 Å². The molecule has 4 heteroatoms. The van der Waals surface area contributed by atoms with Crippen LogP contribution in [0.15, 0.2) is 71.1 Å². The lowest BCUT2D eigenvalue weighted by Gasteiger charge is -2.04. The largest absolute Gasteiger partial charge is 0.435 e. The molecule has 0 aliphatic rings. The van der Waals surface area contributed by atoms with Crippen molar-refractivity contribution in [1.82, 2.24) is 9.55 Å². The fraction of sp³-hybridized carbons (Fsp3) is 0.130. The second kappa shape index (κ2) is 5.81. The third kappa shape index (κ3) is 2.30. The van der Waals surface area contributed by atoms with Gasteiger partial charge in [-0.05, 0) is 42.8 Å². The second-order valence-electron chi connectivity index (χ2n) is 6.92. The van der Waals surface area contributed by atoms with Gasteiger partial charge >= 0.3 is 0 Å². The Hall–Kier alpha value is -3.40. The van der Waals surface area contributed by atoms with Crippen LogP contribution in [0.2, 0.25) is 0 Å². The van der Waals surface area contributed by atoms with E-state index in [2.05, 4.69) is 60.5 Å². The lowest BCUT2D eigenvalue weighted by Crippen LogP contribution is -2.30. The normalized spacial score (nSPS) is 11.5. The molecule has 0 spiro atoms. The maximum absolute atomic E-state index is 6.29. The Kier molecular flexibility index (Phi) is 3.41. The first kappa shape index (κ1) is 15.8. The molecule has 5 rings (SSSR count). The van der Waals surface area contributed by atoms with Gasteiger partial charge in [-0.1, -0.05) is 36.4 Å². The van der Waals surface area contributed by atoms with E-state index in [1.165, 1.54) is 16.6 Å². The summed E-state index contributed by atoms with van der Waals surface area (Å²) in [6.07, 6.45) is 0. The molecule has 0 aliphatic carbocycles. The Morgan fingerprint density at radius 1 is 0.926 bits per heavy atom. The molecule has 0 fully saturated rings. The number of hydrogen-bond acceptors (Lipinski definition) is 2. The number of rotatable bonds is 2. The molecule has 2 heterocycles. The Morgan fingerprint density at radius 3 is 2.44 bits per heavy atom. The van der Waals surface area contributed by atoms with E-state index in [0.717, 1.165) is 28.1 Å². The predicted molar refractivity (Wildman–Crippen MR) is 107 cm³/mol. The molecule has 0 bridgehead atoms. The van der Waals surface area contributed by atoms with Crippen LogP contribution in [0.3, 0.4) is 0 Å². The zero-order valence-corrected chi connectivity index (χ0v) is 15.6. The standard InChI is InChI=1S/C23H20N3O/c1-15-13-14-17-21(27-22(24-17)16-9-5-4-6-10-16)20(15)23-25(2)18-11-7-8-12-19(18)26(23)3/h4-14H,1-3H3/q+1. The van der Waals surface area contributed by atoms with Crippen LogP contribution in [-0.2, 0) is 14.1 Å². The Labute approximate surface area is 157 Å². The van der Waals surface area contributed by atoms with Crippen LogP contribution in [-0.4, -0.2) is 9.55 Å². The van der Waals surface area contributed by atoms with Gasteiger partial charge in [-0.25, -0.2) is 14.1 Å². The molecule has 0 aliphatic heterocycles. The molecule has 4 nitrogen and oxygen atoms in total. The highest BCUT2D eigenvalue weighted by Gasteiger charge is 2.27. The van der Waals surface area contributed by atoms with Crippen molar-refractivity contribution in [3.63, 3.8) is 0 Å². The minimum atomic E-state index is 0.652. The van der Waals surface area contributed by atoms with Crippen LogP contribution in [0.25, 0.3) is 45.0 Å². The average molecular weight is 354 g/mol. The molecule has 0 N–H and O–H groups in total. The fourth-order valence-electron chi connectivity index (χ4n) is 3.89. The van der Waals surface area contributed by atoms with Gasteiger partial charge in [0.2, 0.25) is 5.89 Å². The summed E-state index contributed by atoms with van der Waals surface area (Å²) < 4.78 is 10.7. The van der Waals surface area contributed by atoms with Gasteiger partial charge in [0.25, 0.3) is 5.82 Å². The number of benzene rings is 3. The minimum absolute atomic E-state index is 0.652. The molecule has 27 heavy (non-hydrogen) atoms. The van der Waals surface area contributed by atoms with Gasteiger partial charge in [0.1, 0.15) is 11.1 Å². The van der Waals surface area contributed by atoms with Crippen LogP contribution >= 0.6 is 0 Å². The molecule has 0 atom stereocenters. The molecule has 0 saturated carbocycles. The number of aromatic nitrogens is 3. The average Bonchev–Trinajstić information content (AvgIpc) is 3.24. The highest BCUT2D eigenvalue weighted by atomic mass is 16.3. The number of fused-ring (bicyclic) bond motifs is 2. The number of aryl methyl sites for hydroxylation is 3. The number of para-hydroxylation sites is 2. The molecule has 2 aromatic heterocycles. The van der Waals surface area contributed by atoms with Crippen LogP contribution in [0.4, 0.5) is 0 Å². The van der Waals surface area contributed by atoms with Crippen molar-refractivity contribution >= 4 is 22.1 Å². The first-order chi connectivity index (χ1) is 13.1. The Bertz CT molecular complexity index is 1260. The molecule has 132 valence electrons. The highest BCUT2D eigenvalue weighted by Crippen LogP contribution is 2.34. The molecule has 0 amide bonds. The Morgan fingerprint density at radius 2 is 1.67 bits per heavy atom. The van der Waals surface area contributed by atoms with Crippen molar-refractivity contribution in [2.24, 2.45) is 14.1 Å². The summed E-state index contributed by atoms with van der Waals surface area (Å²) in [5.74, 6) is 1.76. The third-order valence-electron chi connectivity index (χ3n) is 5.25. The van der Waals surface area contributed by atoms with E-state index in [4.69, 9.17) is 9.40 Å². The van der Waals surface area contributed by atoms with E-state index in [9.17, 15) is 0 Å². The molecular formula is C23H20N3O+. The highest BCUT2D eigenvalue weighted by molar-refractivity contribution is 5.92. The SMILES string of the molecule is Cc1ccc2nc(-c3ccccc3)oc2c1-c1n(C)c2ccccc2[n+]1C. The van der Waals surface area contributed by atoms with E-state index in [1.54, 1.807) is 0 Å². The number of nitrogens with zero attached hydrogens (tertiary/aromatic N) is 3. The van der Waals surface area contributed by atoms with Crippen LogP contribution in [0.1, 0.15) is 5.56 Å². The molecule has 0 radical (unpaired) electrons. The number of imidazole rings is 1. The molecule has 3 aromatic carbocycles. The maximum atomic E-state index is 6.29. The lowest BCUT2D eigenvalue weighted by atomic mass is 10.1. The van der Waals surface area contributed by atoms with Crippen molar-refractivity contribution in [3.05, 3.63) is 72.3 Å². The van der Waals surface area contributed by atoms with Gasteiger partial charge in [-0.3, -0.25) is 0 Å². The van der Waals surface area contributed by atoms with Gasteiger partial charge in [0.15, 0.2) is 16.6 Å². The van der Waals surface area contributed by atoms with E-state index in [1.807, 2.05) is 36.4 Å². The molecular weight excluding hydrogens is 334 g/mol. The van der Waals surface area contributed by atoms with Gasteiger partial charge in [0, 0.05) is 5.56 Å². The smallest absolute Gasteiger partial charge is 0.293 e. The summed E-state index contributed by atoms with van der Waals surface area (Å²) in [6.45, 7) is 2.12. The monoisotopic (exact) mass is 354 g/mol. The van der Waals surface area contributed by atoms with Crippen LogP contribution in [0.5, 0.6) is 0 Å². The summed E-state index contributed by atoms with van der Waals surface area (Å²) in [5.41, 5.74) is 7.32. The van der Waals surface area contributed by atoms with E-state index in [0.29, 0.717) is 5.89 Å². The summed E-state index contributed by atoms with van der Waals surface area (Å²) in [7, 11) is 4.20. The first-order valence-corrected chi connectivity index (χ1v) is 9.04. The van der Waals surface area contributed by atoms with Gasteiger partial charge < -0.3 is 4.42 Å². The first-order valence-electron chi connectivity index (χ1n) is 9.04. The molecule has 5 aromatic rings. The van der Waals surface area contributed by atoms with Crippen molar-refractivity contribution in [2.75, 3.05) is 0 Å². The summed E-state index contributed by atoms with van der Waals surface area (Å²) in [5, 5.41) is 0. The van der Waals surface area contributed by atoms with Crippen molar-refractivity contribution < 1.29 is 8.98 Å². The quantitative estimate of drug-likeness (QED) is 0.427. The van der Waals surface area contributed by atoms with Crippen LogP contribution < -0.4 is 4.57 Å². The van der Waals surface area contributed by atoms with Crippen molar-refractivity contribution in [3.8, 4) is 22.8 Å². The maximum Gasteiger partial charge on any atom is 0.293 e. The zero-order valence-electron chi connectivity index (χ0n) is 15.6. The van der Waals surface area contributed by atoms with Crippen LogP contribution in [0, 0.1) is 6.92 Å². The second-order valence-corrected chi connectivity index (χ2v) is 6.92. The Balaban J connectivity index is 1.84. The minimum Gasteiger partial charge on any atom is -0.435 e. The van der Waals surface area contributed by atoms with E-state index < -0.39 is 0 Å². The van der Waals surface area contributed by atoms with Crippen molar-refractivity contribution in [2.45, 2.75) is 6.92 Å². The van der Waals surface area contributed by atoms with Gasteiger partial charge in [0.05, 0.1) is 14.1 Å². The van der Waals surface area contributed by atoms with Crippen molar-refractivity contribution in [1.29, 1.82) is 0 Å².